The molecule has 2 nitrogen and oxygen atoms in total. The van der Waals surface area contributed by atoms with Crippen LogP contribution in [0.15, 0.2) is 24.3 Å². The molecular formula is C15H22N2. The van der Waals surface area contributed by atoms with E-state index in [2.05, 4.69) is 36.2 Å². The summed E-state index contributed by atoms with van der Waals surface area (Å²) in [5, 5.41) is 0. The highest BCUT2D eigenvalue weighted by Gasteiger charge is 2.35. The highest BCUT2D eigenvalue weighted by molar-refractivity contribution is 5.40. The van der Waals surface area contributed by atoms with Crippen LogP contribution in [0.3, 0.4) is 0 Å². The molecule has 92 valence electrons. The van der Waals surface area contributed by atoms with Gasteiger partial charge < -0.3 is 10.6 Å². The Labute approximate surface area is 104 Å². The molecule has 1 aromatic rings. The fraction of sp³-hybridized carbons (Fsp3) is 0.600. The molecule has 0 aromatic heterocycles. The van der Waals surface area contributed by atoms with Crippen LogP contribution in [0.2, 0.25) is 0 Å². The highest BCUT2D eigenvalue weighted by atomic mass is 15.1. The lowest BCUT2D eigenvalue weighted by Gasteiger charge is -2.36. The predicted octanol–water partition coefficient (Wildman–Crippen LogP) is 2.00. The molecule has 0 amide bonds. The summed E-state index contributed by atoms with van der Waals surface area (Å²) in [6.45, 7) is 1.99. The van der Waals surface area contributed by atoms with Crippen LogP contribution in [0.5, 0.6) is 0 Å². The Morgan fingerprint density at radius 1 is 1.35 bits per heavy atom. The lowest BCUT2D eigenvalue weighted by atomic mass is 9.77. The zero-order valence-electron chi connectivity index (χ0n) is 10.6. The van der Waals surface area contributed by atoms with Crippen LogP contribution in [-0.4, -0.2) is 31.1 Å². The zero-order valence-corrected chi connectivity index (χ0v) is 10.6. The molecule has 3 rings (SSSR count). The summed E-state index contributed by atoms with van der Waals surface area (Å²) in [4.78, 5) is 2.50. The van der Waals surface area contributed by atoms with Crippen molar-refractivity contribution in [2.45, 2.75) is 31.2 Å². The Bertz CT molecular complexity index is 398. The third-order valence-corrected chi connectivity index (χ3v) is 4.44. The van der Waals surface area contributed by atoms with E-state index >= 15 is 0 Å². The molecule has 0 radical (unpaired) electrons. The average molecular weight is 230 g/mol. The molecule has 0 aliphatic heterocycles. The summed E-state index contributed by atoms with van der Waals surface area (Å²) >= 11 is 0. The van der Waals surface area contributed by atoms with Gasteiger partial charge in [-0.1, -0.05) is 24.3 Å². The highest BCUT2D eigenvalue weighted by Crippen LogP contribution is 2.38. The molecule has 1 aromatic carbocycles. The van der Waals surface area contributed by atoms with Gasteiger partial charge in [-0.25, -0.2) is 0 Å². The van der Waals surface area contributed by atoms with E-state index in [-0.39, 0.29) is 0 Å². The summed E-state index contributed by atoms with van der Waals surface area (Å²) < 4.78 is 0. The number of nitrogens with zero attached hydrogens (tertiary/aromatic N) is 1. The number of rotatable bonds is 5. The Hall–Kier alpha value is -0.860. The molecule has 2 N–H and O–H groups in total. The van der Waals surface area contributed by atoms with Gasteiger partial charge in [0.05, 0.1) is 0 Å². The summed E-state index contributed by atoms with van der Waals surface area (Å²) in [6, 6.07) is 9.46. The van der Waals surface area contributed by atoms with Crippen LogP contribution in [0.25, 0.3) is 0 Å². The van der Waals surface area contributed by atoms with Crippen molar-refractivity contribution in [1.29, 1.82) is 0 Å². The van der Waals surface area contributed by atoms with Crippen molar-refractivity contribution in [3.05, 3.63) is 35.4 Å². The second-order valence-corrected chi connectivity index (χ2v) is 5.68. The van der Waals surface area contributed by atoms with Crippen molar-refractivity contribution in [1.82, 2.24) is 4.90 Å². The number of likely N-dealkylation sites (N-methyl/N-ethyl adjacent to an activating group) is 1. The third-order valence-electron chi connectivity index (χ3n) is 4.44. The molecule has 0 spiro atoms. The fourth-order valence-corrected chi connectivity index (χ4v) is 3.22. The molecule has 0 heterocycles. The van der Waals surface area contributed by atoms with Gasteiger partial charge in [0.15, 0.2) is 0 Å². The third kappa shape index (κ3) is 2.12. The van der Waals surface area contributed by atoms with E-state index in [4.69, 9.17) is 5.73 Å². The van der Waals surface area contributed by atoms with Gasteiger partial charge in [-0.15, -0.1) is 0 Å². The Balaban J connectivity index is 1.61. The zero-order chi connectivity index (χ0) is 11.8. The van der Waals surface area contributed by atoms with Gasteiger partial charge in [0.2, 0.25) is 0 Å². The van der Waals surface area contributed by atoms with E-state index in [1.54, 1.807) is 11.1 Å². The minimum absolute atomic E-state index is 0.614. The Kier molecular flexibility index (Phi) is 2.93. The van der Waals surface area contributed by atoms with Gasteiger partial charge in [0.25, 0.3) is 0 Å². The van der Waals surface area contributed by atoms with Gasteiger partial charge in [0.1, 0.15) is 0 Å². The second-order valence-electron chi connectivity index (χ2n) is 5.68. The van der Waals surface area contributed by atoms with Crippen LogP contribution in [0.1, 0.15) is 29.9 Å². The minimum Gasteiger partial charge on any atom is -0.329 e. The van der Waals surface area contributed by atoms with E-state index in [0.717, 1.165) is 18.4 Å². The fourth-order valence-electron chi connectivity index (χ4n) is 3.22. The first-order valence-corrected chi connectivity index (χ1v) is 6.77. The SMILES string of the molecule is CN(CC1Cc2ccccc21)C(CN)C1CC1. The lowest BCUT2D eigenvalue weighted by molar-refractivity contribution is 0.204. The molecule has 2 heteroatoms. The molecule has 0 saturated heterocycles. The first-order valence-electron chi connectivity index (χ1n) is 6.77. The van der Waals surface area contributed by atoms with Crippen molar-refractivity contribution < 1.29 is 0 Å². The monoisotopic (exact) mass is 230 g/mol. The molecule has 2 aliphatic carbocycles. The predicted molar refractivity (Wildman–Crippen MR) is 71.1 cm³/mol. The smallest absolute Gasteiger partial charge is 0.0243 e. The number of nitrogens with two attached hydrogens (primary N) is 1. The first kappa shape index (κ1) is 11.2. The lowest BCUT2D eigenvalue weighted by Crippen LogP contribution is -2.43. The molecule has 0 bridgehead atoms. The summed E-state index contributed by atoms with van der Waals surface area (Å²) in [6.07, 6.45) is 4.02. The molecular weight excluding hydrogens is 208 g/mol. The van der Waals surface area contributed by atoms with Gasteiger partial charge in [0, 0.05) is 25.0 Å². The maximum Gasteiger partial charge on any atom is 0.0243 e. The largest absolute Gasteiger partial charge is 0.329 e. The quantitative estimate of drug-likeness (QED) is 0.838. The maximum atomic E-state index is 5.90. The topological polar surface area (TPSA) is 29.3 Å². The van der Waals surface area contributed by atoms with Crippen molar-refractivity contribution in [3.63, 3.8) is 0 Å². The van der Waals surface area contributed by atoms with Gasteiger partial charge in [-0.2, -0.15) is 0 Å². The second kappa shape index (κ2) is 4.43. The maximum absolute atomic E-state index is 5.90. The van der Waals surface area contributed by atoms with Crippen molar-refractivity contribution >= 4 is 0 Å². The standard InChI is InChI=1S/C15H22N2/c1-17(15(9-16)11-6-7-11)10-13-8-12-4-2-3-5-14(12)13/h2-5,11,13,15H,6-10,16H2,1H3. The number of hydrogen-bond acceptors (Lipinski definition) is 2. The Morgan fingerprint density at radius 2 is 2.12 bits per heavy atom. The molecule has 1 fully saturated rings. The van der Waals surface area contributed by atoms with Crippen molar-refractivity contribution in [2.75, 3.05) is 20.1 Å². The van der Waals surface area contributed by atoms with Crippen molar-refractivity contribution in [3.8, 4) is 0 Å². The van der Waals surface area contributed by atoms with Gasteiger partial charge >= 0.3 is 0 Å². The van der Waals surface area contributed by atoms with E-state index in [0.29, 0.717) is 6.04 Å². The van der Waals surface area contributed by atoms with E-state index in [1.807, 2.05) is 0 Å². The van der Waals surface area contributed by atoms with E-state index in [9.17, 15) is 0 Å². The van der Waals surface area contributed by atoms with E-state index in [1.165, 1.54) is 25.8 Å². The van der Waals surface area contributed by atoms with Crippen LogP contribution < -0.4 is 5.73 Å². The van der Waals surface area contributed by atoms with Crippen LogP contribution in [0, 0.1) is 5.92 Å². The average Bonchev–Trinajstić information content (AvgIpc) is 3.11. The molecule has 2 atom stereocenters. The summed E-state index contributed by atoms with van der Waals surface area (Å²) in [5.74, 6) is 1.62. The van der Waals surface area contributed by atoms with E-state index < -0.39 is 0 Å². The normalized spacial score (nSPS) is 24.3. The molecule has 1 saturated carbocycles. The van der Waals surface area contributed by atoms with Crippen LogP contribution >= 0.6 is 0 Å². The molecule has 2 aliphatic rings. The Morgan fingerprint density at radius 3 is 2.76 bits per heavy atom. The number of benzene rings is 1. The molecule has 2 unspecified atom stereocenters. The number of hydrogen-bond donors (Lipinski definition) is 1. The molecule has 17 heavy (non-hydrogen) atoms. The summed E-state index contributed by atoms with van der Waals surface area (Å²) in [7, 11) is 2.25. The first-order chi connectivity index (χ1) is 8.29. The van der Waals surface area contributed by atoms with Crippen LogP contribution in [-0.2, 0) is 6.42 Å². The van der Waals surface area contributed by atoms with Gasteiger partial charge in [-0.3, -0.25) is 0 Å². The van der Waals surface area contributed by atoms with Crippen LogP contribution in [0.4, 0.5) is 0 Å². The minimum atomic E-state index is 0.614. The number of fused-ring (bicyclic) bond motifs is 1. The van der Waals surface area contributed by atoms with Gasteiger partial charge in [-0.05, 0) is 43.4 Å². The van der Waals surface area contributed by atoms with Crippen molar-refractivity contribution in [2.24, 2.45) is 11.7 Å². The summed E-state index contributed by atoms with van der Waals surface area (Å²) in [5.41, 5.74) is 9.01.